The van der Waals surface area contributed by atoms with Gasteiger partial charge in [0.2, 0.25) is 0 Å². The topological polar surface area (TPSA) is 147 Å². The lowest BCUT2D eigenvalue weighted by Crippen LogP contribution is -2.29. The van der Waals surface area contributed by atoms with Crippen LogP contribution in [0.1, 0.15) is 22.0 Å². The average Bonchev–Trinajstić information content (AvgIpc) is 3.46. The summed E-state index contributed by atoms with van der Waals surface area (Å²) in [4.78, 5) is 30.1. The summed E-state index contributed by atoms with van der Waals surface area (Å²) in [6, 6.07) is 20.5. The number of nitrogens with zero attached hydrogens (tertiary/aromatic N) is 4. The van der Waals surface area contributed by atoms with Crippen molar-refractivity contribution in [2.75, 3.05) is 17.2 Å². The van der Waals surface area contributed by atoms with Crippen LogP contribution in [0, 0.1) is 11.6 Å². The number of pyridine rings is 1. The molecule has 0 aliphatic heterocycles. The van der Waals surface area contributed by atoms with Gasteiger partial charge in [-0.25, -0.2) is 13.8 Å². The smallest absolute Gasteiger partial charge is 0.284 e. The Labute approximate surface area is 247 Å². The molecule has 3 aromatic carbocycles. The third kappa shape index (κ3) is 5.71. The zero-order valence-corrected chi connectivity index (χ0v) is 22.7. The number of hydrogen-bond acceptors (Lipinski definition) is 8. The van der Waals surface area contributed by atoms with Crippen LogP contribution in [0.2, 0.25) is 0 Å². The van der Waals surface area contributed by atoms with Gasteiger partial charge in [0.25, 0.3) is 11.5 Å². The Kier molecular flexibility index (Phi) is 7.76. The van der Waals surface area contributed by atoms with E-state index in [1.54, 1.807) is 6.07 Å². The summed E-state index contributed by atoms with van der Waals surface area (Å²) in [6.45, 7) is -0.212. The van der Waals surface area contributed by atoms with Crippen LogP contribution >= 0.6 is 0 Å². The number of fused-ring (bicyclic) bond motifs is 1. The number of carbonyl (C=O) groups excluding carboxylic acids is 1. The van der Waals surface area contributed by atoms with E-state index in [0.29, 0.717) is 16.9 Å². The van der Waals surface area contributed by atoms with Gasteiger partial charge >= 0.3 is 0 Å². The monoisotopic (exact) mass is 595 g/mol. The minimum absolute atomic E-state index is 0.0728. The molecule has 0 aliphatic carbocycles. The van der Waals surface area contributed by atoms with Gasteiger partial charge in [-0.05, 0) is 48.0 Å². The molecule has 0 saturated heterocycles. The number of halogens is 2. The quantitative estimate of drug-likeness (QED) is 0.183. The summed E-state index contributed by atoms with van der Waals surface area (Å²) in [6.07, 6.45) is 2.73. The number of carbonyl (C=O) groups is 1. The largest absolute Gasteiger partial charge is 0.453 e. The maximum atomic E-state index is 15.2. The van der Waals surface area contributed by atoms with Crippen molar-refractivity contribution >= 4 is 28.4 Å². The Morgan fingerprint density at radius 2 is 1.77 bits per heavy atom. The number of H-pyrrole nitrogens is 1. The molecule has 1 atom stereocenters. The molecular formula is C31H23F2N7O4. The van der Waals surface area contributed by atoms with Crippen LogP contribution in [-0.2, 0) is 0 Å². The van der Waals surface area contributed by atoms with Crippen molar-refractivity contribution in [2.24, 2.45) is 0 Å². The summed E-state index contributed by atoms with van der Waals surface area (Å²) in [5.74, 6) is -1.63. The zero-order chi connectivity index (χ0) is 30.6. The van der Waals surface area contributed by atoms with Gasteiger partial charge in [-0.3, -0.25) is 14.7 Å². The fraction of sp³-hybridized carbons (Fsp3) is 0.0645. The molecule has 13 heteroatoms. The summed E-state index contributed by atoms with van der Waals surface area (Å²) in [5, 5.41) is 27.1. The number of anilines is 2. The van der Waals surface area contributed by atoms with E-state index < -0.39 is 29.1 Å². The van der Waals surface area contributed by atoms with E-state index in [1.807, 2.05) is 30.3 Å². The van der Waals surface area contributed by atoms with Gasteiger partial charge < -0.3 is 20.5 Å². The molecule has 44 heavy (non-hydrogen) atoms. The average molecular weight is 596 g/mol. The number of rotatable bonds is 9. The number of nitrogens with one attached hydrogen (secondary N) is 3. The van der Waals surface area contributed by atoms with E-state index in [9.17, 15) is 19.1 Å². The minimum Gasteiger partial charge on any atom is -0.453 e. The summed E-state index contributed by atoms with van der Waals surface area (Å²) in [7, 11) is 0. The Hall–Kier alpha value is -5.95. The maximum Gasteiger partial charge on any atom is 0.284 e. The van der Waals surface area contributed by atoms with Gasteiger partial charge in [0.05, 0.1) is 18.3 Å². The van der Waals surface area contributed by atoms with Crippen LogP contribution in [0.4, 0.5) is 20.3 Å². The molecule has 3 heterocycles. The Morgan fingerprint density at radius 1 is 0.977 bits per heavy atom. The second-order valence-corrected chi connectivity index (χ2v) is 9.53. The van der Waals surface area contributed by atoms with Crippen molar-refractivity contribution in [3.8, 4) is 17.2 Å². The number of ether oxygens (including phenoxy) is 1. The molecule has 6 rings (SSSR count). The number of aliphatic hydroxyl groups is 1. The first kappa shape index (κ1) is 28.2. The van der Waals surface area contributed by atoms with E-state index in [4.69, 9.17) is 4.74 Å². The Bertz CT molecular complexity index is 2010. The lowest BCUT2D eigenvalue weighted by atomic mass is 10.1. The molecule has 0 aliphatic rings. The SMILES string of the molecule is O=C(Nc1ccc(Oc2ccnc3[nH]nc(NC(CO)c4ccccc4)c23)c(F)c1)c1ccnn(-c2ccc(F)cc2)c1=O. The van der Waals surface area contributed by atoms with E-state index in [2.05, 4.69) is 30.9 Å². The van der Waals surface area contributed by atoms with E-state index >= 15 is 4.39 Å². The molecular weight excluding hydrogens is 572 g/mol. The second-order valence-electron chi connectivity index (χ2n) is 9.53. The van der Waals surface area contributed by atoms with Crippen molar-refractivity contribution in [2.45, 2.75) is 6.04 Å². The van der Waals surface area contributed by atoms with Crippen LogP contribution in [0.15, 0.2) is 102 Å². The molecule has 4 N–H and O–H groups in total. The third-order valence-electron chi connectivity index (χ3n) is 6.69. The highest BCUT2D eigenvalue weighted by atomic mass is 19.1. The molecule has 11 nitrogen and oxygen atoms in total. The zero-order valence-electron chi connectivity index (χ0n) is 22.7. The number of aromatic amines is 1. The first-order chi connectivity index (χ1) is 21.4. The fourth-order valence-electron chi connectivity index (χ4n) is 4.53. The number of hydrogen-bond donors (Lipinski definition) is 4. The van der Waals surface area contributed by atoms with Crippen LogP contribution in [-0.4, -0.2) is 42.6 Å². The molecule has 0 bridgehead atoms. The third-order valence-corrected chi connectivity index (χ3v) is 6.69. The molecule has 1 amide bonds. The first-order valence-electron chi connectivity index (χ1n) is 13.3. The van der Waals surface area contributed by atoms with Gasteiger partial charge in [-0.2, -0.15) is 14.9 Å². The summed E-state index contributed by atoms with van der Waals surface area (Å²) < 4.78 is 35.4. The van der Waals surface area contributed by atoms with Gasteiger partial charge in [-0.1, -0.05) is 30.3 Å². The van der Waals surface area contributed by atoms with E-state index in [1.165, 1.54) is 54.9 Å². The molecule has 1 unspecified atom stereocenters. The standard InChI is InChI=1S/C31H23F2N7O4/c32-19-6-9-21(10-7-19)40-31(43)22(12-15-35-40)30(42)36-20-8-11-25(23(33)16-20)44-26-13-14-34-28-27(26)29(39-38-28)37-24(17-41)18-4-2-1-3-5-18/h1-16,24,41H,17H2,(H,36,42)(H2,34,37,38,39). The number of aromatic nitrogens is 5. The van der Waals surface area contributed by atoms with Crippen molar-refractivity contribution < 1.29 is 23.4 Å². The number of benzene rings is 3. The Balaban J connectivity index is 1.22. The van der Waals surface area contributed by atoms with Gasteiger partial charge in [-0.15, -0.1) is 0 Å². The number of amides is 1. The van der Waals surface area contributed by atoms with Crippen LogP contribution in [0.25, 0.3) is 16.7 Å². The molecule has 0 radical (unpaired) electrons. The van der Waals surface area contributed by atoms with E-state index in [0.717, 1.165) is 16.3 Å². The predicted octanol–water partition coefficient (Wildman–Crippen LogP) is 4.97. The van der Waals surface area contributed by atoms with Gasteiger partial charge in [0.1, 0.15) is 22.5 Å². The summed E-state index contributed by atoms with van der Waals surface area (Å²) in [5.41, 5.74) is 0.570. The maximum absolute atomic E-state index is 15.2. The molecule has 0 spiro atoms. The van der Waals surface area contributed by atoms with Crippen LogP contribution in [0.3, 0.4) is 0 Å². The van der Waals surface area contributed by atoms with Gasteiger partial charge in [0, 0.05) is 30.2 Å². The van der Waals surface area contributed by atoms with E-state index in [-0.39, 0.29) is 35.0 Å². The molecule has 220 valence electrons. The highest BCUT2D eigenvalue weighted by Crippen LogP contribution is 2.35. The lowest BCUT2D eigenvalue weighted by molar-refractivity contribution is 0.102. The van der Waals surface area contributed by atoms with Crippen LogP contribution < -0.4 is 20.9 Å². The van der Waals surface area contributed by atoms with Crippen molar-refractivity contribution in [1.29, 1.82) is 0 Å². The second kappa shape index (κ2) is 12.1. The number of aliphatic hydroxyl groups excluding tert-OH is 1. The predicted molar refractivity (Wildman–Crippen MR) is 158 cm³/mol. The molecule has 0 saturated carbocycles. The molecule has 3 aromatic heterocycles. The highest BCUT2D eigenvalue weighted by Gasteiger charge is 2.20. The lowest BCUT2D eigenvalue weighted by Gasteiger charge is -2.17. The molecule has 0 fully saturated rings. The minimum atomic E-state index is -0.790. The normalized spacial score (nSPS) is 11.7. The highest BCUT2D eigenvalue weighted by molar-refractivity contribution is 6.04. The fourth-order valence-corrected chi connectivity index (χ4v) is 4.53. The molecule has 6 aromatic rings. The van der Waals surface area contributed by atoms with Crippen molar-refractivity contribution in [3.63, 3.8) is 0 Å². The Morgan fingerprint density at radius 3 is 2.52 bits per heavy atom. The first-order valence-corrected chi connectivity index (χ1v) is 13.3. The summed E-state index contributed by atoms with van der Waals surface area (Å²) >= 11 is 0. The van der Waals surface area contributed by atoms with Crippen molar-refractivity contribution in [1.82, 2.24) is 25.0 Å². The van der Waals surface area contributed by atoms with Crippen molar-refractivity contribution in [3.05, 3.63) is 130 Å². The van der Waals surface area contributed by atoms with Crippen LogP contribution in [0.5, 0.6) is 11.5 Å². The van der Waals surface area contributed by atoms with Gasteiger partial charge in [0.15, 0.2) is 23.0 Å².